The van der Waals surface area contributed by atoms with Gasteiger partial charge in [-0.15, -0.1) is 0 Å². The van der Waals surface area contributed by atoms with Crippen LogP contribution in [0.25, 0.3) is 0 Å². The summed E-state index contributed by atoms with van der Waals surface area (Å²) in [5, 5.41) is 13.3. The van der Waals surface area contributed by atoms with Gasteiger partial charge in [-0.2, -0.15) is 13.2 Å². The lowest BCUT2D eigenvalue weighted by Gasteiger charge is -2.15. The molecule has 0 radical (unpaired) electrons. The van der Waals surface area contributed by atoms with Crippen molar-refractivity contribution in [2.75, 3.05) is 11.9 Å². The van der Waals surface area contributed by atoms with Gasteiger partial charge >= 0.3 is 6.18 Å². The molecule has 1 N–H and O–H groups in total. The van der Waals surface area contributed by atoms with Crippen LogP contribution in [0.2, 0.25) is 0 Å². The summed E-state index contributed by atoms with van der Waals surface area (Å²) in [5.74, 6) is -0.791. The molecule has 11 heteroatoms. The zero-order chi connectivity index (χ0) is 23.0. The number of nitrogens with zero attached hydrogens (tertiary/aromatic N) is 3. The van der Waals surface area contributed by atoms with Gasteiger partial charge in [0.2, 0.25) is 0 Å². The molecule has 2 aromatic carbocycles. The molecule has 0 heterocycles. The number of carbonyl (C=O) groups is 2. The summed E-state index contributed by atoms with van der Waals surface area (Å²) in [6.07, 6.45) is -2.25. The second kappa shape index (κ2) is 10.1. The van der Waals surface area contributed by atoms with E-state index in [1.165, 1.54) is 6.20 Å². The van der Waals surface area contributed by atoms with Gasteiger partial charge in [-0.1, -0.05) is 18.2 Å². The van der Waals surface area contributed by atoms with Crippen molar-refractivity contribution in [2.24, 2.45) is 4.99 Å². The molecule has 1 amide bonds. The molecule has 0 aliphatic carbocycles. The number of para-hydroxylation sites is 1. The third-order valence-electron chi connectivity index (χ3n) is 3.96. The Balaban J connectivity index is 2.25. The molecule has 0 atom stereocenters. The summed E-state index contributed by atoms with van der Waals surface area (Å²) in [6.45, 7) is -0.424. The number of halogens is 3. The van der Waals surface area contributed by atoms with Gasteiger partial charge in [0.25, 0.3) is 11.6 Å². The van der Waals surface area contributed by atoms with Gasteiger partial charge in [-0.05, 0) is 23.8 Å². The zero-order valence-electron chi connectivity index (χ0n) is 16.2. The van der Waals surface area contributed by atoms with Crippen molar-refractivity contribution < 1.29 is 27.7 Å². The number of benzene rings is 2. The maximum Gasteiger partial charge on any atom is 0.416 e. The number of aliphatic imine (C=N–C) groups is 1. The molecule has 0 aromatic heterocycles. The number of aldehydes is 1. The lowest BCUT2D eigenvalue weighted by atomic mass is 10.1. The Bertz CT molecular complexity index is 1020. The molecule has 8 nitrogen and oxygen atoms in total. The molecule has 162 valence electrons. The van der Waals surface area contributed by atoms with E-state index in [9.17, 15) is 32.9 Å². The molecule has 31 heavy (non-hydrogen) atoms. The summed E-state index contributed by atoms with van der Waals surface area (Å²) in [7, 11) is 1.63. The number of rotatable bonds is 8. The molecule has 0 aliphatic rings. The number of hydrogen-bond acceptors (Lipinski definition) is 6. The van der Waals surface area contributed by atoms with E-state index < -0.39 is 34.8 Å². The highest BCUT2D eigenvalue weighted by atomic mass is 19.4. The van der Waals surface area contributed by atoms with E-state index in [0.717, 1.165) is 12.3 Å². The molecular weight excluding hydrogens is 417 g/mol. The van der Waals surface area contributed by atoms with Gasteiger partial charge < -0.3 is 10.2 Å². The molecule has 0 saturated heterocycles. The smallest absolute Gasteiger partial charge is 0.349 e. The van der Waals surface area contributed by atoms with Crippen molar-refractivity contribution in [1.82, 2.24) is 5.32 Å². The van der Waals surface area contributed by atoms with Gasteiger partial charge in [0.15, 0.2) is 6.29 Å². The number of hydrogen-bond donors (Lipinski definition) is 1. The Kier molecular flexibility index (Phi) is 7.61. The van der Waals surface area contributed by atoms with E-state index >= 15 is 0 Å². The molecule has 0 aliphatic heterocycles. The quantitative estimate of drug-likeness (QED) is 0.225. The van der Waals surface area contributed by atoms with Crippen molar-refractivity contribution in [3.05, 3.63) is 81.7 Å². The van der Waals surface area contributed by atoms with Gasteiger partial charge in [-0.25, -0.2) is 4.99 Å². The Morgan fingerprint density at radius 1 is 1.23 bits per heavy atom. The molecule has 0 unspecified atom stereocenters. The van der Waals surface area contributed by atoms with Crippen molar-refractivity contribution in [3.63, 3.8) is 0 Å². The molecule has 2 rings (SSSR count). The van der Waals surface area contributed by atoms with Gasteiger partial charge in [0, 0.05) is 37.6 Å². The molecule has 0 fully saturated rings. The summed E-state index contributed by atoms with van der Waals surface area (Å²) >= 11 is 0. The van der Waals surface area contributed by atoms with Gasteiger partial charge in [-0.3, -0.25) is 19.7 Å². The van der Waals surface area contributed by atoms with Gasteiger partial charge in [0.05, 0.1) is 16.7 Å². The Morgan fingerprint density at radius 3 is 2.48 bits per heavy atom. The number of amides is 1. The Hall–Kier alpha value is -4.02. The fourth-order valence-electron chi connectivity index (χ4n) is 2.50. The first-order valence-electron chi connectivity index (χ1n) is 8.73. The van der Waals surface area contributed by atoms with E-state index in [2.05, 4.69) is 10.3 Å². The topological polar surface area (TPSA) is 105 Å². The molecule has 0 spiro atoms. The first-order valence-corrected chi connectivity index (χ1v) is 8.73. The number of anilines is 1. The number of nitro benzene ring substituents is 1. The van der Waals surface area contributed by atoms with E-state index in [1.807, 2.05) is 0 Å². The van der Waals surface area contributed by atoms with Crippen LogP contribution in [0, 0.1) is 10.1 Å². The van der Waals surface area contributed by atoms with Crippen molar-refractivity contribution >= 4 is 29.8 Å². The molecule has 0 saturated carbocycles. The number of non-ortho nitro benzene ring substituents is 1. The predicted molar refractivity (Wildman–Crippen MR) is 107 cm³/mol. The summed E-state index contributed by atoms with van der Waals surface area (Å²) in [5.41, 5.74) is -1.56. The number of alkyl halides is 3. The Morgan fingerprint density at radius 2 is 1.90 bits per heavy atom. The van der Waals surface area contributed by atoms with Crippen LogP contribution >= 0.6 is 0 Å². The second-order valence-corrected chi connectivity index (χ2v) is 6.20. The number of carbonyl (C=O) groups excluding carboxylic acids is 2. The predicted octanol–water partition coefficient (Wildman–Crippen LogP) is 3.48. The lowest BCUT2D eigenvalue weighted by molar-refractivity contribution is -0.385. The fourth-order valence-corrected chi connectivity index (χ4v) is 2.50. The van der Waals surface area contributed by atoms with Crippen LogP contribution in [-0.4, -0.2) is 30.4 Å². The molecular formula is C20H17F3N4O4. The first kappa shape index (κ1) is 23.3. The fraction of sp³-hybridized carbons (Fsp3) is 0.150. The monoisotopic (exact) mass is 434 g/mol. The average molecular weight is 434 g/mol. The van der Waals surface area contributed by atoms with Crippen LogP contribution in [-0.2, 0) is 22.3 Å². The van der Waals surface area contributed by atoms with E-state index in [-0.39, 0.29) is 11.3 Å². The Labute approximate surface area is 174 Å². The average Bonchev–Trinajstić information content (AvgIpc) is 2.74. The van der Waals surface area contributed by atoms with E-state index in [1.54, 1.807) is 42.3 Å². The maximum absolute atomic E-state index is 13.0. The molecule has 0 bridgehead atoms. The van der Waals surface area contributed by atoms with Crippen LogP contribution in [0.3, 0.4) is 0 Å². The zero-order valence-corrected chi connectivity index (χ0v) is 16.2. The molecule has 2 aromatic rings. The summed E-state index contributed by atoms with van der Waals surface area (Å²) in [4.78, 5) is 38.4. The normalized spacial score (nSPS) is 11.9. The summed E-state index contributed by atoms with van der Waals surface area (Å²) < 4.78 is 39.0. The SMILES string of the molecule is CN(/C=C(\N=CC=O)C(=O)NCc1cc([N+](=O)[O-])cc(C(F)(F)F)c1)c1ccccc1. The highest BCUT2D eigenvalue weighted by Crippen LogP contribution is 2.32. The summed E-state index contributed by atoms with van der Waals surface area (Å²) in [6, 6.07) is 10.9. The highest BCUT2D eigenvalue weighted by molar-refractivity contribution is 6.14. The van der Waals surface area contributed by atoms with Crippen LogP contribution in [0.15, 0.2) is 65.4 Å². The van der Waals surface area contributed by atoms with E-state index in [4.69, 9.17) is 0 Å². The third-order valence-corrected chi connectivity index (χ3v) is 3.96. The minimum Gasteiger partial charge on any atom is -0.349 e. The van der Waals surface area contributed by atoms with Crippen LogP contribution in [0.5, 0.6) is 0 Å². The largest absolute Gasteiger partial charge is 0.416 e. The van der Waals surface area contributed by atoms with Crippen molar-refractivity contribution in [3.8, 4) is 0 Å². The first-order chi connectivity index (χ1) is 14.6. The van der Waals surface area contributed by atoms with Crippen molar-refractivity contribution in [1.29, 1.82) is 0 Å². The highest BCUT2D eigenvalue weighted by Gasteiger charge is 2.32. The minimum absolute atomic E-state index is 0.120. The number of nitro groups is 1. The minimum atomic E-state index is -4.79. The standard InChI is InChI=1S/C20H17F3N4O4/c1-26(16-5-3-2-4-6-16)13-18(24-7-8-28)19(29)25-12-14-9-15(20(21,22)23)11-17(10-14)27(30)31/h2-11,13H,12H2,1H3,(H,25,29)/b18-13-,24-7?. The lowest BCUT2D eigenvalue weighted by Crippen LogP contribution is -2.26. The van der Waals surface area contributed by atoms with Crippen molar-refractivity contribution in [2.45, 2.75) is 12.7 Å². The van der Waals surface area contributed by atoms with E-state index in [0.29, 0.717) is 24.1 Å². The van der Waals surface area contributed by atoms with Crippen LogP contribution in [0.1, 0.15) is 11.1 Å². The maximum atomic E-state index is 13.0. The number of nitrogens with one attached hydrogen (secondary N) is 1. The van der Waals surface area contributed by atoms with Crippen LogP contribution in [0.4, 0.5) is 24.5 Å². The van der Waals surface area contributed by atoms with Gasteiger partial charge in [0.1, 0.15) is 5.70 Å². The van der Waals surface area contributed by atoms with Crippen LogP contribution < -0.4 is 10.2 Å². The third kappa shape index (κ3) is 6.77. The second-order valence-electron chi connectivity index (χ2n) is 6.20.